The Morgan fingerprint density at radius 1 is 1.27 bits per heavy atom. The number of furan rings is 1. The Morgan fingerprint density at radius 3 is 2.77 bits per heavy atom. The summed E-state index contributed by atoms with van der Waals surface area (Å²) in [5.74, 6) is 1.36. The second kappa shape index (κ2) is 6.14. The van der Waals surface area contributed by atoms with Gasteiger partial charge in [-0.15, -0.1) is 5.10 Å². The van der Waals surface area contributed by atoms with E-state index in [1.807, 2.05) is 37.3 Å². The average molecular weight is 294 g/mol. The van der Waals surface area contributed by atoms with E-state index < -0.39 is 0 Å². The van der Waals surface area contributed by atoms with E-state index in [0.29, 0.717) is 24.6 Å². The predicted octanol–water partition coefficient (Wildman–Crippen LogP) is 2.80. The van der Waals surface area contributed by atoms with Crippen LogP contribution in [0, 0.1) is 18.3 Å². The molecule has 2 heterocycles. The third-order valence-corrected chi connectivity index (χ3v) is 3.19. The summed E-state index contributed by atoms with van der Waals surface area (Å²) in [4.78, 5) is 0. The minimum atomic E-state index is 0.241. The molecule has 6 heteroatoms. The molecule has 0 aliphatic rings. The van der Waals surface area contributed by atoms with E-state index in [-0.39, 0.29) is 5.69 Å². The van der Waals surface area contributed by atoms with Crippen LogP contribution in [-0.4, -0.2) is 21.6 Å². The van der Waals surface area contributed by atoms with Gasteiger partial charge in [-0.2, -0.15) is 5.26 Å². The molecule has 110 valence electrons. The van der Waals surface area contributed by atoms with Gasteiger partial charge in [-0.3, -0.25) is 0 Å². The van der Waals surface area contributed by atoms with Crippen LogP contribution in [0.1, 0.15) is 11.3 Å². The molecule has 0 bridgehead atoms. The van der Waals surface area contributed by atoms with E-state index in [1.54, 1.807) is 23.1 Å². The van der Waals surface area contributed by atoms with Crippen LogP contribution in [0.5, 0.6) is 5.75 Å². The summed E-state index contributed by atoms with van der Waals surface area (Å²) in [6, 6.07) is 13.4. The van der Waals surface area contributed by atoms with Gasteiger partial charge in [0.1, 0.15) is 24.1 Å². The van der Waals surface area contributed by atoms with Crippen LogP contribution in [0.15, 0.2) is 47.1 Å². The number of aromatic nitrogens is 3. The Hall–Kier alpha value is -3.07. The molecule has 0 amide bonds. The second-order valence-corrected chi connectivity index (χ2v) is 4.76. The van der Waals surface area contributed by atoms with Crippen molar-refractivity contribution in [3.8, 4) is 23.3 Å². The molecule has 1 aromatic carbocycles. The zero-order valence-electron chi connectivity index (χ0n) is 12.1. The number of rotatable bonds is 5. The monoisotopic (exact) mass is 294 g/mol. The highest BCUT2D eigenvalue weighted by atomic mass is 16.5. The van der Waals surface area contributed by atoms with Crippen molar-refractivity contribution in [2.75, 3.05) is 6.61 Å². The lowest BCUT2D eigenvalue weighted by molar-refractivity contribution is 0.290. The number of aryl methyl sites for hydroxylation is 1. The van der Waals surface area contributed by atoms with Crippen LogP contribution in [0.25, 0.3) is 11.5 Å². The van der Waals surface area contributed by atoms with Gasteiger partial charge < -0.3 is 9.15 Å². The molecule has 0 atom stereocenters. The molecule has 0 unspecified atom stereocenters. The van der Waals surface area contributed by atoms with Crippen molar-refractivity contribution in [3.05, 3.63) is 53.9 Å². The molecular formula is C16H14N4O2. The molecule has 0 N–H and O–H groups in total. The molecule has 0 aliphatic heterocycles. The Balaban J connectivity index is 1.72. The number of nitrogens with zero attached hydrogens (tertiary/aromatic N) is 4. The van der Waals surface area contributed by atoms with E-state index in [2.05, 4.69) is 10.3 Å². The second-order valence-electron chi connectivity index (χ2n) is 4.76. The number of hydrogen-bond donors (Lipinski definition) is 0. The van der Waals surface area contributed by atoms with Gasteiger partial charge >= 0.3 is 0 Å². The lowest BCUT2D eigenvalue weighted by atomic mass is 10.2. The summed E-state index contributed by atoms with van der Waals surface area (Å²) in [6.07, 6.45) is 1.55. The van der Waals surface area contributed by atoms with Crippen LogP contribution < -0.4 is 4.74 Å². The highest BCUT2D eigenvalue weighted by Gasteiger charge is 2.16. The first kappa shape index (κ1) is 13.9. The van der Waals surface area contributed by atoms with E-state index in [1.165, 1.54) is 5.56 Å². The minimum Gasteiger partial charge on any atom is -0.492 e. The minimum absolute atomic E-state index is 0.241. The van der Waals surface area contributed by atoms with Crippen LogP contribution in [0.3, 0.4) is 0 Å². The molecule has 3 rings (SSSR count). The Bertz CT molecular complexity index is 783. The third-order valence-electron chi connectivity index (χ3n) is 3.19. The molecule has 0 saturated heterocycles. The fraction of sp³-hybridized carbons (Fsp3) is 0.188. The zero-order valence-corrected chi connectivity index (χ0v) is 12.1. The SMILES string of the molecule is Cc1ccc(OCCn2nnc(C#N)c2-c2ccco2)cc1. The molecule has 2 aromatic heterocycles. The lowest BCUT2D eigenvalue weighted by Gasteiger charge is -2.07. The fourth-order valence-electron chi connectivity index (χ4n) is 2.09. The summed E-state index contributed by atoms with van der Waals surface area (Å²) in [7, 11) is 0. The Morgan fingerprint density at radius 2 is 2.09 bits per heavy atom. The van der Waals surface area contributed by atoms with Crippen molar-refractivity contribution >= 4 is 0 Å². The van der Waals surface area contributed by atoms with E-state index in [9.17, 15) is 0 Å². The summed E-state index contributed by atoms with van der Waals surface area (Å²) >= 11 is 0. The maximum absolute atomic E-state index is 9.12. The van der Waals surface area contributed by atoms with Gasteiger partial charge in [0.2, 0.25) is 0 Å². The van der Waals surface area contributed by atoms with E-state index >= 15 is 0 Å². The van der Waals surface area contributed by atoms with E-state index in [0.717, 1.165) is 5.75 Å². The molecule has 0 aliphatic carbocycles. The zero-order chi connectivity index (χ0) is 15.4. The van der Waals surface area contributed by atoms with Crippen LogP contribution in [0.4, 0.5) is 0 Å². The lowest BCUT2D eigenvalue weighted by Crippen LogP contribution is -2.11. The Labute approximate surface area is 127 Å². The van der Waals surface area contributed by atoms with Crippen LogP contribution >= 0.6 is 0 Å². The molecule has 0 saturated carbocycles. The average Bonchev–Trinajstić information content (AvgIpc) is 3.17. The molecule has 3 aromatic rings. The topological polar surface area (TPSA) is 76.9 Å². The van der Waals surface area contributed by atoms with Crippen LogP contribution in [0.2, 0.25) is 0 Å². The first-order chi connectivity index (χ1) is 10.8. The number of nitriles is 1. The molecule has 6 nitrogen and oxygen atoms in total. The standard InChI is InChI=1S/C16H14N4O2/c1-12-4-6-13(7-5-12)21-10-8-20-16(14(11-17)18-19-20)15-3-2-9-22-15/h2-7,9H,8,10H2,1H3. The molecule has 0 fully saturated rings. The third kappa shape index (κ3) is 2.83. The van der Waals surface area contributed by atoms with Gasteiger partial charge in [-0.05, 0) is 31.2 Å². The number of hydrogen-bond acceptors (Lipinski definition) is 5. The van der Waals surface area contributed by atoms with Crippen molar-refractivity contribution in [1.29, 1.82) is 5.26 Å². The number of benzene rings is 1. The maximum Gasteiger partial charge on any atom is 0.193 e. The molecular weight excluding hydrogens is 280 g/mol. The quantitative estimate of drug-likeness (QED) is 0.723. The first-order valence-corrected chi connectivity index (χ1v) is 6.85. The highest BCUT2D eigenvalue weighted by Crippen LogP contribution is 2.22. The van der Waals surface area contributed by atoms with Crippen LogP contribution in [-0.2, 0) is 6.54 Å². The Kier molecular flexibility index (Phi) is 3.88. The molecule has 0 radical (unpaired) electrons. The summed E-state index contributed by atoms with van der Waals surface area (Å²) in [5, 5.41) is 17.0. The summed E-state index contributed by atoms with van der Waals surface area (Å²) < 4.78 is 12.6. The van der Waals surface area contributed by atoms with Crippen molar-refractivity contribution in [1.82, 2.24) is 15.0 Å². The van der Waals surface area contributed by atoms with Gasteiger partial charge in [0.05, 0.1) is 12.8 Å². The highest BCUT2D eigenvalue weighted by molar-refractivity contribution is 5.58. The van der Waals surface area contributed by atoms with Gasteiger partial charge in [0.25, 0.3) is 0 Å². The van der Waals surface area contributed by atoms with Gasteiger partial charge in [0, 0.05) is 0 Å². The summed E-state index contributed by atoms with van der Waals surface area (Å²) in [6.45, 7) is 2.92. The van der Waals surface area contributed by atoms with Crippen molar-refractivity contribution in [2.24, 2.45) is 0 Å². The normalized spacial score (nSPS) is 10.4. The largest absolute Gasteiger partial charge is 0.492 e. The van der Waals surface area contributed by atoms with Crippen molar-refractivity contribution in [3.63, 3.8) is 0 Å². The fourth-order valence-corrected chi connectivity index (χ4v) is 2.09. The number of ether oxygens (including phenoxy) is 1. The summed E-state index contributed by atoms with van der Waals surface area (Å²) in [5.41, 5.74) is 1.99. The van der Waals surface area contributed by atoms with Crippen molar-refractivity contribution in [2.45, 2.75) is 13.5 Å². The predicted molar refractivity (Wildman–Crippen MR) is 79.1 cm³/mol. The first-order valence-electron chi connectivity index (χ1n) is 6.85. The van der Waals surface area contributed by atoms with Gasteiger partial charge in [-0.1, -0.05) is 22.9 Å². The van der Waals surface area contributed by atoms with Crippen molar-refractivity contribution < 1.29 is 9.15 Å². The van der Waals surface area contributed by atoms with Gasteiger partial charge in [-0.25, -0.2) is 4.68 Å². The molecule has 22 heavy (non-hydrogen) atoms. The van der Waals surface area contributed by atoms with Gasteiger partial charge in [0.15, 0.2) is 11.5 Å². The van der Waals surface area contributed by atoms with E-state index in [4.69, 9.17) is 14.4 Å². The smallest absolute Gasteiger partial charge is 0.193 e. The maximum atomic E-state index is 9.12. The molecule has 0 spiro atoms.